The van der Waals surface area contributed by atoms with Gasteiger partial charge in [0.15, 0.2) is 0 Å². The molecule has 2 amide bonds. The number of hydrogen-bond donors (Lipinski definition) is 1. The lowest BCUT2D eigenvalue weighted by Gasteiger charge is -2.26. The highest BCUT2D eigenvalue weighted by Crippen LogP contribution is 2.43. The quantitative estimate of drug-likeness (QED) is 0.545. The van der Waals surface area contributed by atoms with Crippen LogP contribution >= 0.6 is 0 Å². The van der Waals surface area contributed by atoms with Crippen LogP contribution in [0, 0.1) is 6.92 Å². The number of fused-ring (bicyclic) bond motifs is 2. The molecule has 0 fully saturated rings. The number of aromatic nitrogens is 1. The van der Waals surface area contributed by atoms with Gasteiger partial charge in [-0.15, -0.1) is 0 Å². The van der Waals surface area contributed by atoms with E-state index >= 15 is 0 Å². The average molecular weight is 442 g/mol. The zero-order chi connectivity index (χ0) is 22.9. The smallest absolute Gasteiger partial charge is 0.255 e. The number of hydrogen-bond acceptors (Lipinski definition) is 2. The van der Waals surface area contributed by atoms with Crippen LogP contribution in [0.3, 0.4) is 0 Å². The van der Waals surface area contributed by atoms with Gasteiger partial charge in [0.25, 0.3) is 5.91 Å². The van der Waals surface area contributed by atoms with E-state index in [4.69, 9.17) is 0 Å². The van der Waals surface area contributed by atoms with Gasteiger partial charge in [-0.25, -0.2) is 0 Å². The average Bonchev–Trinajstić information content (AvgIpc) is 3.25. The Morgan fingerprint density at radius 2 is 1.88 bits per heavy atom. The van der Waals surface area contributed by atoms with Crippen LogP contribution in [0.5, 0.6) is 0 Å². The summed E-state index contributed by atoms with van der Waals surface area (Å²) >= 11 is 0. The highest BCUT2D eigenvalue weighted by atomic mass is 16.2. The largest absolute Gasteiger partial charge is 0.354 e. The number of para-hydroxylation sites is 1. The fourth-order valence-electron chi connectivity index (χ4n) is 5.44. The molecule has 1 N–H and O–H groups in total. The molecule has 1 aromatic heterocycles. The molecule has 170 valence electrons. The number of benzene rings is 2. The summed E-state index contributed by atoms with van der Waals surface area (Å²) in [6.45, 7) is 2.77. The molecule has 0 radical (unpaired) electrons. The second-order valence-electron chi connectivity index (χ2n) is 9.21. The molecule has 0 saturated heterocycles. The molecule has 1 aliphatic carbocycles. The summed E-state index contributed by atoms with van der Waals surface area (Å²) in [6.07, 6.45) is 8.00. The first-order chi connectivity index (χ1) is 16.1. The van der Waals surface area contributed by atoms with Gasteiger partial charge in [0.2, 0.25) is 5.91 Å². The van der Waals surface area contributed by atoms with Gasteiger partial charge >= 0.3 is 0 Å². The van der Waals surface area contributed by atoms with Crippen LogP contribution in [0.25, 0.3) is 10.9 Å². The van der Waals surface area contributed by atoms with Crippen molar-refractivity contribution in [3.63, 3.8) is 0 Å². The monoisotopic (exact) mass is 441 g/mol. The molecule has 2 aliphatic rings. The minimum Gasteiger partial charge on any atom is -0.354 e. The van der Waals surface area contributed by atoms with Crippen LogP contribution < -0.4 is 5.32 Å². The Morgan fingerprint density at radius 1 is 1.09 bits per heavy atom. The maximum atomic E-state index is 13.4. The van der Waals surface area contributed by atoms with E-state index in [9.17, 15) is 9.59 Å². The van der Waals surface area contributed by atoms with Crippen molar-refractivity contribution >= 4 is 22.7 Å². The molecular weight excluding hydrogens is 410 g/mol. The zero-order valence-corrected chi connectivity index (χ0v) is 19.4. The minimum atomic E-state index is -0.272. The van der Waals surface area contributed by atoms with Gasteiger partial charge in [-0.1, -0.05) is 48.0 Å². The van der Waals surface area contributed by atoms with Crippen LogP contribution in [0.15, 0.2) is 60.2 Å². The molecule has 1 aliphatic heterocycles. The van der Waals surface area contributed by atoms with E-state index in [2.05, 4.69) is 42.1 Å². The third-order valence-corrected chi connectivity index (χ3v) is 7.25. The maximum absolute atomic E-state index is 13.4. The Hall–Kier alpha value is -3.34. The van der Waals surface area contributed by atoms with Crippen LogP contribution in [0.2, 0.25) is 0 Å². The molecular formula is C28H31N3O2. The third kappa shape index (κ3) is 3.86. The first-order valence-corrected chi connectivity index (χ1v) is 11.9. The van der Waals surface area contributed by atoms with E-state index in [1.807, 2.05) is 36.4 Å². The first kappa shape index (κ1) is 21.5. The molecule has 5 heteroatoms. The van der Waals surface area contributed by atoms with Crippen molar-refractivity contribution in [3.8, 4) is 0 Å². The molecule has 2 heterocycles. The molecule has 3 aromatic rings. The highest BCUT2D eigenvalue weighted by molar-refractivity contribution is 6.02. The third-order valence-electron chi connectivity index (χ3n) is 7.25. The Morgan fingerprint density at radius 3 is 2.70 bits per heavy atom. The lowest BCUT2D eigenvalue weighted by atomic mass is 9.95. The zero-order valence-electron chi connectivity index (χ0n) is 19.4. The summed E-state index contributed by atoms with van der Waals surface area (Å²) in [5.74, 6) is -0.177. The van der Waals surface area contributed by atoms with Crippen molar-refractivity contribution < 1.29 is 9.59 Å². The van der Waals surface area contributed by atoms with Gasteiger partial charge in [0.05, 0.1) is 6.04 Å². The van der Waals surface area contributed by atoms with Crippen molar-refractivity contribution in [3.05, 3.63) is 82.6 Å². The predicted octanol–water partition coefficient (Wildman–Crippen LogP) is 5.04. The van der Waals surface area contributed by atoms with E-state index in [0.717, 1.165) is 47.0 Å². The maximum Gasteiger partial charge on any atom is 0.255 e. The number of amides is 2. The Labute approximate surface area is 195 Å². The molecule has 1 unspecified atom stereocenters. The predicted molar refractivity (Wildman–Crippen MR) is 131 cm³/mol. The SMILES string of the molecule is Cc1c(C2c3ccccc3C(=O)N2CC(=O)NCCC2=CCCCC2)c2ccccc2n1C. The van der Waals surface area contributed by atoms with Gasteiger partial charge in [0.1, 0.15) is 6.54 Å². The molecule has 0 spiro atoms. The number of nitrogens with one attached hydrogen (secondary N) is 1. The molecule has 33 heavy (non-hydrogen) atoms. The molecule has 5 rings (SSSR count). The van der Waals surface area contributed by atoms with Gasteiger partial charge in [-0.05, 0) is 56.7 Å². The molecule has 0 bridgehead atoms. The van der Waals surface area contributed by atoms with Crippen molar-refractivity contribution in [2.45, 2.75) is 45.1 Å². The summed E-state index contributed by atoms with van der Waals surface area (Å²) in [5, 5.41) is 4.18. The van der Waals surface area contributed by atoms with E-state index in [1.54, 1.807) is 4.90 Å². The summed E-state index contributed by atoms with van der Waals surface area (Å²) in [6, 6.07) is 15.8. The Kier molecular flexibility index (Phi) is 5.79. The van der Waals surface area contributed by atoms with Gasteiger partial charge in [0, 0.05) is 41.3 Å². The first-order valence-electron chi connectivity index (χ1n) is 11.9. The van der Waals surface area contributed by atoms with Crippen molar-refractivity contribution in [1.82, 2.24) is 14.8 Å². The second-order valence-corrected chi connectivity index (χ2v) is 9.21. The molecule has 5 nitrogen and oxygen atoms in total. The standard InChI is InChI=1S/C28H31N3O2/c1-19-26(23-14-8-9-15-24(23)30(19)2)27-21-12-6-7-13-22(21)28(33)31(27)18-25(32)29-17-16-20-10-4-3-5-11-20/h6-10,12-15,27H,3-5,11,16-18H2,1-2H3,(H,29,32). The summed E-state index contributed by atoms with van der Waals surface area (Å²) < 4.78 is 2.17. The molecule has 2 aromatic carbocycles. The van der Waals surface area contributed by atoms with E-state index in [-0.39, 0.29) is 24.4 Å². The van der Waals surface area contributed by atoms with E-state index in [1.165, 1.54) is 18.4 Å². The number of rotatable bonds is 6. The summed E-state index contributed by atoms with van der Waals surface area (Å²) in [7, 11) is 2.06. The second kappa shape index (κ2) is 8.89. The van der Waals surface area contributed by atoms with Crippen molar-refractivity contribution in [2.24, 2.45) is 7.05 Å². The number of carbonyl (C=O) groups excluding carboxylic acids is 2. The van der Waals surface area contributed by atoms with Gasteiger partial charge < -0.3 is 14.8 Å². The van der Waals surface area contributed by atoms with Crippen molar-refractivity contribution in [1.29, 1.82) is 0 Å². The van der Waals surface area contributed by atoms with E-state index < -0.39 is 0 Å². The van der Waals surface area contributed by atoms with Crippen LogP contribution in [-0.4, -0.2) is 34.4 Å². The summed E-state index contributed by atoms with van der Waals surface area (Å²) in [5.41, 5.74) is 6.45. The van der Waals surface area contributed by atoms with Gasteiger partial charge in [-0.3, -0.25) is 9.59 Å². The molecule has 1 atom stereocenters. The summed E-state index contributed by atoms with van der Waals surface area (Å²) in [4.78, 5) is 28.1. The lowest BCUT2D eigenvalue weighted by Crippen LogP contribution is -2.40. The Bertz CT molecular complexity index is 1250. The fraction of sp³-hybridized carbons (Fsp3) is 0.357. The normalized spacial score (nSPS) is 17.9. The topological polar surface area (TPSA) is 54.3 Å². The van der Waals surface area contributed by atoms with E-state index in [0.29, 0.717) is 12.1 Å². The Balaban J connectivity index is 1.43. The van der Waals surface area contributed by atoms with Crippen LogP contribution in [0.4, 0.5) is 0 Å². The van der Waals surface area contributed by atoms with Crippen molar-refractivity contribution in [2.75, 3.05) is 13.1 Å². The fourth-order valence-corrected chi connectivity index (χ4v) is 5.44. The molecule has 0 saturated carbocycles. The number of allylic oxidation sites excluding steroid dienone is 1. The number of nitrogens with zero attached hydrogens (tertiary/aromatic N) is 2. The highest BCUT2D eigenvalue weighted by Gasteiger charge is 2.40. The number of aryl methyl sites for hydroxylation is 1. The lowest BCUT2D eigenvalue weighted by molar-refractivity contribution is -0.122. The van der Waals surface area contributed by atoms with Crippen LogP contribution in [-0.2, 0) is 11.8 Å². The van der Waals surface area contributed by atoms with Gasteiger partial charge in [-0.2, -0.15) is 0 Å². The number of carbonyl (C=O) groups is 2. The van der Waals surface area contributed by atoms with Crippen LogP contribution in [0.1, 0.15) is 65.3 Å². The minimum absolute atomic E-state index is 0.0554.